The normalized spacial score (nSPS) is 14.4. The zero-order valence-corrected chi connectivity index (χ0v) is 32.9. The number of anilines is 5. The maximum Gasteiger partial charge on any atom is 0.333 e. The second kappa shape index (κ2) is 11.6. The van der Waals surface area contributed by atoms with E-state index in [-0.39, 0.29) is 12.3 Å². The molecule has 278 valence electrons. The van der Waals surface area contributed by atoms with Crippen LogP contribution in [-0.2, 0) is 5.41 Å². The lowest BCUT2D eigenvalue weighted by atomic mass is 9.44. The van der Waals surface area contributed by atoms with Gasteiger partial charge in [0.2, 0.25) is 5.89 Å². The van der Waals surface area contributed by atoms with Crippen molar-refractivity contribution in [2.24, 2.45) is 0 Å². The molecular formula is C53H37BN4O. The number of oxazole rings is 1. The van der Waals surface area contributed by atoms with E-state index in [1.165, 1.54) is 83.3 Å². The Balaban J connectivity index is 1.21. The summed E-state index contributed by atoms with van der Waals surface area (Å²) >= 11 is 0. The number of aryl methyl sites for hydroxylation is 1. The summed E-state index contributed by atoms with van der Waals surface area (Å²) in [6.45, 7) is 6.73. The van der Waals surface area contributed by atoms with Gasteiger partial charge in [-0.2, -0.15) is 0 Å². The standard InChI is InChI=1S/C53H37BN4O/c1-32-25-27-34(28-26-32)58-43-22-12-7-17-35(43)37-29-47(56-44-23-13-9-19-38(44)53(2,3)39-20-10-14-24-45(39)56)49-36-18-8-11-21-42(36)57-46-31-41-48(30-40(46)54(58)50(37)51(49)57)59-52(55-41)33-15-5-4-6-16-33/h4-31H,1-3H3. The molecule has 0 atom stereocenters. The molecule has 3 aliphatic rings. The maximum atomic E-state index is 6.65. The van der Waals surface area contributed by atoms with Crippen molar-refractivity contribution in [1.82, 2.24) is 9.55 Å². The highest BCUT2D eigenvalue weighted by atomic mass is 16.3. The van der Waals surface area contributed by atoms with E-state index in [9.17, 15) is 0 Å². The number of hydrogen-bond acceptors (Lipinski definition) is 4. The third-order valence-corrected chi connectivity index (χ3v) is 13.2. The predicted molar refractivity (Wildman–Crippen MR) is 244 cm³/mol. The Hall–Kier alpha value is -7.31. The first-order valence-corrected chi connectivity index (χ1v) is 20.5. The van der Waals surface area contributed by atoms with E-state index in [1.807, 2.05) is 18.2 Å². The molecule has 0 fully saturated rings. The third-order valence-electron chi connectivity index (χ3n) is 13.2. The summed E-state index contributed by atoms with van der Waals surface area (Å²) in [5.74, 6) is 0.626. The van der Waals surface area contributed by atoms with Crippen LogP contribution in [0.1, 0.15) is 30.5 Å². The number of hydrogen-bond donors (Lipinski definition) is 0. The fourth-order valence-corrected chi connectivity index (χ4v) is 10.6. The molecule has 0 saturated carbocycles. The molecule has 0 radical (unpaired) electrons. The monoisotopic (exact) mass is 756 g/mol. The number of para-hydroxylation sites is 4. The molecule has 2 aromatic heterocycles. The largest absolute Gasteiger partial charge is 0.436 e. The average Bonchev–Trinajstić information content (AvgIpc) is 3.86. The van der Waals surface area contributed by atoms with E-state index >= 15 is 0 Å². The van der Waals surface area contributed by atoms with Gasteiger partial charge < -0.3 is 18.7 Å². The van der Waals surface area contributed by atoms with Crippen LogP contribution in [0.15, 0.2) is 174 Å². The number of aromatic nitrogens is 2. The molecule has 59 heavy (non-hydrogen) atoms. The lowest BCUT2D eigenvalue weighted by Crippen LogP contribution is -2.60. The Kier molecular flexibility index (Phi) is 6.46. The molecule has 13 rings (SSSR count). The molecule has 0 bridgehead atoms. The first-order valence-electron chi connectivity index (χ1n) is 20.5. The molecule has 0 spiro atoms. The minimum absolute atomic E-state index is 0.152. The van der Waals surface area contributed by atoms with Gasteiger partial charge in [-0.1, -0.05) is 123 Å². The first kappa shape index (κ1) is 32.7. The molecule has 0 N–H and O–H groups in total. The fraction of sp³-hybridized carbons (Fsp3) is 0.0755. The van der Waals surface area contributed by atoms with Gasteiger partial charge in [0.05, 0.1) is 28.1 Å². The number of rotatable bonds is 3. The first-order chi connectivity index (χ1) is 29.0. The van der Waals surface area contributed by atoms with Crippen LogP contribution in [0, 0.1) is 6.92 Å². The minimum Gasteiger partial charge on any atom is -0.436 e. The third kappa shape index (κ3) is 4.33. The van der Waals surface area contributed by atoms with Gasteiger partial charge in [-0.05, 0) is 101 Å². The zero-order chi connectivity index (χ0) is 39.1. The highest BCUT2D eigenvalue weighted by Crippen LogP contribution is 2.56. The summed E-state index contributed by atoms with van der Waals surface area (Å²) in [6.07, 6.45) is 0. The van der Waals surface area contributed by atoms with E-state index in [2.05, 4.69) is 187 Å². The molecule has 8 aromatic carbocycles. The highest BCUT2D eigenvalue weighted by Gasteiger charge is 2.46. The summed E-state index contributed by atoms with van der Waals surface area (Å²) < 4.78 is 9.18. The lowest BCUT2D eigenvalue weighted by molar-refractivity contribution is 0.620. The SMILES string of the molecule is Cc1ccc(N2B3c4cc5oc(-c6ccccc6)nc5cc4-n4c5ccccc5c5c(N6c7ccccc7C(C)(C)c7ccccc76)cc(c3c54)-c3ccccc32)cc1. The molecule has 6 heteroatoms. The maximum absolute atomic E-state index is 6.65. The van der Waals surface area contributed by atoms with Crippen LogP contribution in [0.2, 0.25) is 0 Å². The van der Waals surface area contributed by atoms with Gasteiger partial charge in [0.25, 0.3) is 0 Å². The quantitative estimate of drug-likeness (QED) is 0.168. The van der Waals surface area contributed by atoms with E-state index in [4.69, 9.17) is 9.40 Å². The van der Waals surface area contributed by atoms with Gasteiger partial charge in [0, 0.05) is 44.4 Å². The van der Waals surface area contributed by atoms with Crippen LogP contribution in [0.3, 0.4) is 0 Å². The summed E-state index contributed by atoms with van der Waals surface area (Å²) in [6, 6.07) is 62.2. The van der Waals surface area contributed by atoms with Gasteiger partial charge in [-0.15, -0.1) is 0 Å². The van der Waals surface area contributed by atoms with Crippen LogP contribution in [0.4, 0.5) is 28.4 Å². The van der Waals surface area contributed by atoms with E-state index < -0.39 is 0 Å². The van der Waals surface area contributed by atoms with Crippen molar-refractivity contribution in [1.29, 1.82) is 0 Å². The van der Waals surface area contributed by atoms with Crippen molar-refractivity contribution in [2.45, 2.75) is 26.2 Å². The summed E-state index contributed by atoms with van der Waals surface area (Å²) in [7, 11) is 0. The summed E-state index contributed by atoms with van der Waals surface area (Å²) in [4.78, 5) is 10.2. The van der Waals surface area contributed by atoms with Crippen LogP contribution in [0.5, 0.6) is 0 Å². The van der Waals surface area contributed by atoms with Crippen molar-refractivity contribution in [3.8, 4) is 28.3 Å². The Morgan fingerprint density at radius 1 is 0.593 bits per heavy atom. The lowest BCUT2D eigenvalue weighted by Gasteiger charge is -2.44. The molecular weight excluding hydrogens is 719 g/mol. The molecule has 3 aliphatic heterocycles. The highest BCUT2D eigenvalue weighted by molar-refractivity contribution is 6.94. The second-order valence-electron chi connectivity index (χ2n) is 16.8. The molecule has 5 nitrogen and oxygen atoms in total. The van der Waals surface area contributed by atoms with Crippen molar-refractivity contribution in [3.63, 3.8) is 0 Å². The van der Waals surface area contributed by atoms with Gasteiger partial charge in [-0.25, -0.2) is 4.98 Å². The second-order valence-corrected chi connectivity index (χ2v) is 16.8. The van der Waals surface area contributed by atoms with Gasteiger partial charge in [0.1, 0.15) is 5.52 Å². The van der Waals surface area contributed by atoms with Crippen molar-refractivity contribution < 1.29 is 4.42 Å². The molecule has 10 aromatic rings. The minimum atomic E-state index is -0.177. The van der Waals surface area contributed by atoms with Gasteiger partial charge >= 0.3 is 6.85 Å². The fourth-order valence-electron chi connectivity index (χ4n) is 10.6. The molecule has 0 amide bonds. The van der Waals surface area contributed by atoms with E-state index in [0.717, 1.165) is 28.0 Å². The Bertz CT molecular complexity index is 3350. The predicted octanol–water partition coefficient (Wildman–Crippen LogP) is 12.2. The van der Waals surface area contributed by atoms with Crippen LogP contribution in [0.25, 0.3) is 61.2 Å². The molecule has 0 saturated heterocycles. The molecule has 5 heterocycles. The summed E-state index contributed by atoms with van der Waals surface area (Å²) in [5.41, 5.74) is 20.7. The van der Waals surface area contributed by atoms with E-state index in [1.54, 1.807) is 0 Å². The zero-order valence-electron chi connectivity index (χ0n) is 32.9. The van der Waals surface area contributed by atoms with Gasteiger partial charge in [0.15, 0.2) is 5.58 Å². The van der Waals surface area contributed by atoms with Gasteiger partial charge in [-0.3, -0.25) is 0 Å². The van der Waals surface area contributed by atoms with Crippen LogP contribution >= 0.6 is 0 Å². The number of fused-ring (bicyclic) bond motifs is 11. The van der Waals surface area contributed by atoms with Crippen LogP contribution in [-0.4, -0.2) is 16.4 Å². The van der Waals surface area contributed by atoms with Crippen molar-refractivity contribution in [3.05, 3.63) is 187 Å². The van der Waals surface area contributed by atoms with Crippen molar-refractivity contribution >= 4 is 79.1 Å². The topological polar surface area (TPSA) is 37.4 Å². The van der Waals surface area contributed by atoms with Crippen molar-refractivity contribution in [2.75, 3.05) is 9.71 Å². The Labute approximate surface area is 342 Å². The smallest absolute Gasteiger partial charge is 0.333 e. The average molecular weight is 757 g/mol. The Morgan fingerprint density at radius 2 is 1.25 bits per heavy atom. The van der Waals surface area contributed by atoms with E-state index in [0.29, 0.717) is 5.89 Å². The number of nitrogens with zero attached hydrogens (tertiary/aromatic N) is 4. The molecule has 0 unspecified atom stereocenters. The number of benzene rings is 8. The Morgan fingerprint density at radius 3 is 2.02 bits per heavy atom. The van der Waals surface area contributed by atoms with Crippen LogP contribution < -0.4 is 20.6 Å². The summed E-state index contributed by atoms with van der Waals surface area (Å²) in [5, 5.41) is 2.46. The molecule has 0 aliphatic carbocycles.